The summed E-state index contributed by atoms with van der Waals surface area (Å²) in [5, 5.41) is 16.6. The van der Waals surface area contributed by atoms with E-state index in [0.29, 0.717) is 10.7 Å². The minimum atomic E-state index is -0.0775. The molecule has 0 spiro atoms. The van der Waals surface area contributed by atoms with Crippen LogP contribution in [-0.2, 0) is 6.61 Å². The summed E-state index contributed by atoms with van der Waals surface area (Å²) in [6.07, 6.45) is 0. The summed E-state index contributed by atoms with van der Waals surface area (Å²) in [5.41, 5.74) is 10.9. The number of anilines is 3. The van der Waals surface area contributed by atoms with Gasteiger partial charge in [-0.05, 0) is 48.0 Å². The maximum Gasteiger partial charge on any atom is 0.141 e. The van der Waals surface area contributed by atoms with Crippen LogP contribution in [0.3, 0.4) is 0 Å². The molecule has 3 aromatic carbocycles. The van der Waals surface area contributed by atoms with Crippen molar-refractivity contribution < 1.29 is 5.11 Å². The molecule has 0 fully saturated rings. The summed E-state index contributed by atoms with van der Waals surface area (Å²) in [4.78, 5) is 8.36. The molecule has 0 aliphatic carbocycles. The summed E-state index contributed by atoms with van der Waals surface area (Å²) in [7, 11) is 0. The molecule has 5 rings (SSSR count). The molecule has 138 valence electrons. The zero-order chi connectivity index (χ0) is 19.3. The molecule has 0 atom stereocenters. The van der Waals surface area contributed by atoms with Gasteiger partial charge in [0.15, 0.2) is 0 Å². The predicted octanol–water partition coefficient (Wildman–Crippen LogP) is 5.34. The van der Waals surface area contributed by atoms with Gasteiger partial charge in [-0.25, -0.2) is 4.98 Å². The average Bonchev–Trinajstić information content (AvgIpc) is 3.08. The second-order valence-corrected chi connectivity index (χ2v) is 7.23. The molecule has 6 heteroatoms. The van der Waals surface area contributed by atoms with Crippen LogP contribution in [0.4, 0.5) is 17.2 Å². The molecular weight excluding hydrogens is 372 g/mol. The van der Waals surface area contributed by atoms with Crippen molar-refractivity contribution in [3.05, 3.63) is 71.2 Å². The van der Waals surface area contributed by atoms with Gasteiger partial charge in [0.1, 0.15) is 5.82 Å². The lowest BCUT2D eigenvalue weighted by Crippen LogP contribution is -1.98. The first-order valence-corrected chi connectivity index (χ1v) is 9.27. The quantitative estimate of drug-likeness (QED) is 0.314. The first-order chi connectivity index (χ1) is 13.6. The number of rotatable bonds is 3. The van der Waals surface area contributed by atoms with E-state index >= 15 is 0 Å². The minimum Gasteiger partial charge on any atom is -0.399 e. The largest absolute Gasteiger partial charge is 0.399 e. The summed E-state index contributed by atoms with van der Waals surface area (Å²) >= 11 is 6.24. The maximum absolute atomic E-state index is 9.48. The van der Waals surface area contributed by atoms with Crippen LogP contribution < -0.4 is 11.1 Å². The number of aromatic amines is 1. The lowest BCUT2D eigenvalue weighted by Gasteiger charge is -2.12. The highest BCUT2D eigenvalue weighted by atomic mass is 35.5. The number of hydrogen-bond acceptors (Lipinski definition) is 4. The second-order valence-electron chi connectivity index (χ2n) is 6.79. The number of nitrogens with zero attached hydrogens (tertiary/aromatic N) is 1. The van der Waals surface area contributed by atoms with Crippen LogP contribution in [0.1, 0.15) is 5.56 Å². The topological polar surface area (TPSA) is 87.0 Å². The number of hydrogen-bond donors (Lipinski definition) is 4. The summed E-state index contributed by atoms with van der Waals surface area (Å²) in [6.45, 7) is -0.0775. The van der Waals surface area contributed by atoms with E-state index in [-0.39, 0.29) is 6.61 Å². The van der Waals surface area contributed by atoms with E-state index in [0.717, 1.165) is 49.8 Å². The number of para-hydroxylation sites is 1. The molecule has 0 aliphatic heterocycles. The van der Waals surface area contributed by atoms with Gasteiger partial charge >= 0.3 is 0 Å². The maximum atomic E-state index is 9.48. The van der Waals surface area contributed by atoms with E-state index in [9.17, 15) is 5.11 Å². The molecule has 5 N–H and O–H groups in total. The molecule has 0 amide bonds. The Hall–Kier alpha value is -3.28. The SMILES string of the molecule is Nc1cc(CO)cc(Nc2nc3ccc(Cl)cc3c3[nH]c4ccccc4c23)c1. The van der Waals surface area contributed by atoms with Crippen LogP contribution in [0.25, 0.3) is 32.7 Å². The second kappa shape index (κ2) is 6.41. The van der Waals surface area contributed by atoms with E-state index in [4.69, 9.17) is 22.3 Å². The van der Waals surface area contributed by atoms with Crippen molar-refractivity contribution >= 4 is 61.5 Å². The molecule has 5 nitrogen and oxygen atoms in total. The third-order valence-electron chi connectivity index (χ3n) is 4.86. The van der Waals surface area contributed by atoms with E-state index in [1.54, 1.807) is 6.07 Å². The zero-order valence-electron chi connectivity index (χ0n) is 14.8. The van der Waals surface area contributed by atoms with Gasteiger partial charge in [-0.1, -0.05) is 29.8 Å². The Balaban J connectivity index is 1.82. The van der Waals surface area contributed by atoms with Crippen molar-refractivity contribution in [3.63, 3.8) is 0 Å². The zero-order valence-corrected chi connectivity index (χ0v) is 15.6. The van der Waals surface area contributed by atoms with Crippen LogP contribution in [0, 0.1) is 0 Å². The highest BCUT2D eigenvalue weighted by Gasteiger charge is 2.15. The highest BCUT2D eigenvalue weighted by molar-refractivity contribution is 6.32. The molecule has 0 aliphatic rings. The van der Waals surface area contributed by atoms with Crippen molar-refractivity contribution in [1.29, 1.82) is 0 Å². The molecular formula is C22H17ClN4O. The number of nitrogens with two attached hydrogens (primary N) is 1. The third-order valence-corrected chi connectivity index (χ3v) is 5.10. The van der Waals surface area contributed by atoms with Gasteiger partial charge < -0.3 is 21.1 Å². The van der Waals surface area contributed by atoms with Crippen LogP contribution >= 0.6 is 11.6 Å². The summed E-state index contributed by atoms with van der Waals surface area (Å²) in [5.74, 6) is 0.719. The summed E-state index contributed by atoms with van der Waals surface area (Å²) < 4.78 is 0. The fraction of sp³-hybridized carbons (Fsp3) is 0.0455. The number of nitrogen functional groups attached to an aromatic ring is 1. The minimum absolute atomic E-state index is 0.0775. The first kappa shape index (κ1) is 16.9. The number of fused-ring (bicyclic) bond motifs is 5. The van der Waals surface area contributed by atoms with Crippen LogP contribution in [0.15, 0.2) is 60.7 Å². The Morgan fingerprint density at radius 2 is 1.89 bits per heavy atom. The fourth-order valence-electron chi connectivity index (χ4n) is 3.68. The number of benzene rings is 3. The smallest absolute Gasteiger partial charge is 0.141 e. The van der Waals surface area contributed by atoms with Crippen molar-refractivity contribution in [2.45, 2.75) is 6.61 Å². The van der Waals surface area contributed by atoms with E-state index in [2.05, 4.69) is 16.4 Å². The fourth-order valence-corrected chi connectivity index (χ4v) is 3.85. The Kier molecular flexibility index (Phi) is 3.86. The number of halogens is 1. The van der Waals surface area contributed by atoms with Gasteiger partial charge in [0.2, 0.25) is 0 Å². The molecule has 28 heavy (non-hydrogen) atoms. The van der Waals surface area contributed by atoms with E-state index in [1.165, 1.54) is 0 Å². The number of nitrogens with one attached hydrogen (secondary N) is 2. The average molecular weight is 389 g/mol. The Labute approximate surface area is 165 Å². The van der Waals surface area contributed by atoms with Gasteiger partial charge in [-0.3, -0.25) is 0 Å². The predicted molar refractivity (Wildman–Crippen MR) is 116 cm³/mol. The molecule has 0 saturated carbocycles. The van der Waals surface area contributed by atoms with Crippen LogP contribution in [-0.4, -0.2) is 15.1 Å². The molecule has 2 aromatic heterocycles. The van der Waals surface area contributed by atoms with E-state index in [1.807, 2.05) is 48.5 Å². The lowest BCUT2D eigenvalue weighted by atomic mass is 10.1. The van der Waals surface area contributed by atoms with Gasteiger partial charge in [0.25, 0.3) is 0 Å². The number of aromatic nitrogens is 2. The van der Waals surface area contributed by atoms with Gasteiger partial charge in [-0.15, -0.1) is 0 Å². The molecule has 0 unspecified atom stereocenters. The number of aliphatic hydroxyl groups excluding tert-OH is 1. The van der Waals surface area contributed by atoms with Crippen LogP contribution in [0.2, 0.25) is 5.02 Å². The standard InChI is InChI=1S/C22H17ClN4O/c23-13-5-6-19-17(9-13)21-20(16-3-1-2-4-18(16)26-21)22(27-19)25-15-8-12(11-28)7-14(24)10-15/h1-10,26,28H,11,24H2,(H,25,27). The van der Waals surface area contributed by atoms with Gasteiger partial charge in [0, 0.05) is 32.7 Å². The normalized spacial score (nSPS) is 11.5. The molecule has 2 heterocycles. The van der Waals surface area contributed by atoms with Crippen molar-refractivity contribution in [2.75, 3.05) is 11.1 Å². The highest BCUT2D eigenvalue weighted by Crippen LogP contribution is 2.37. The van der Waals surface area contributed by atoms with Gasteiger partial charge in [-0.2, -0.15) is 0 Å². The van der Waals surface area contributed by atoms with Crippen molar-refractivity contribution in [3.8, 4) is 0 Å². The summed E-state index contributed by atoms with van der Waals surface area (Å²) in [6, 6.07) is 19.2. The number of pyridine rings is 1. The lowest BCUT2D eigenvalue weighted by molar-refractivity contribution is 0.282. The molecule has 5 aromatic rings. The third kappa shape index (κ3) is 2.72. The molecule has 0 radical (unpaired) electrons. The van der Waals surface area contributed by atoms with Gasteiger partial charge in [0.05, 0.1) is 23.0 Å². The first-order valence-electron chi connectivity index (χ1n) is 8.89. The molecule has 0 bridgehead atoms. The number of aliphatic hydroxyl groups is 1. The monoisotopic (exact) mass is 388 g/mol. The van der Waals surface area contributed by atoms with E-state index < -0.39 is 0 Å². The number of H-pyrrole nitrogens is 1. The van der Waals surface area contributed by atoms with Crippen LogP contribution in [0.5, 0.6) is 0 Å². The Morgan fingerprint density at radius 3 is 2.75 bits per heavy atom. The Morgan fingerprint density at radius 1 is 1.04 bits per heavy atom. The van der Waals surface area contributed by atoms with Crippen molar-refractivity contribution in [2.24, 2.45) is 0 Å². The van der Waals surface area contributed by atoms with Crippen molar-refractivity contribution in [1.82, 2.24) is 9.97 Å². The Bertz CT molecular complexity index is 1360. The molecule has 0 saturated heterocycles.